The van der Waals surface area contributed by atoms with Gasteiger partial charge < -0.3 is 9.64 Å². The smallest absolute Gasteiger partial charge is 0.259 e. The molecule has 1 saturated heterocycles. The average Bonchev–Trinajstić information content (AvgIpc) is 2.57. The molecule has 0 spiro atoms. The summed E-state index contributed by atoms with van der Waals surface area (Å²) in [7, 11) is 1.99. The third kappa shape index (κ3) is 2.71. The number of nitrogens with zero attached hydrogens (tertiary/aromatic N) is 2. The summed E-state index contributed by atoms with van der Waals surface area (Å²) in [5.74, 6) is -0.122. The second kappa shape index (κ2) is 4.95. The molecular formula is C12H19N3O2S. The maximum absolute atomic E-state index is 12.3. The zero-order valence-corrected chi connectivity index (χ0v) is 12.1. The lowest BCUT2D eigenvalue weighted by molar-refractivity contribution is -0.149. The van der Waals surface area contributed by atoms with Gasteiger partial charge in [0.1, 0.15) is 0 Å². The highest BCUT2D eigenvalue weighted by Crippen LogP contribution is 2.24. The molecule has 0 aliphatic carbocycles. The van der Waals surface area contributed by atoms with E-state index in [1.165, 1.54) is 11.3 Å². The third-order valence-electron chi connectivity index (χ3n) is 3.19. The van der Waals surface area contributed by atoms with Crippen LogP contribution in [0.5, 0.6) is 0 Å². The number of thiazole rings is 1. The maximum Gasteiger partial charge on any atom is 0.259 e. The Morgan fingerprint density at radius 1 is 1.56 bits per heavy atom. The molecule has 1 aliphatic rings. The molecule has 1 amide bonds. The van der Waals surface area contributed by atoms with E-state index in [0.717, 1.165) is 17.1 Å². The minimum absolute atomic E-state index is 0.122. The van der Waals surface area contributed by atoms with Crippen molar-refractivity contribution in [1.29, 1.82) is 0 Å². The van der Waals surface area contributed by atoms with Gasteiger partial charge in [-0.3, -0.25) is 10.1 Å². The molecule has 1 aromatic rings. The Morgan fingerprint density at radius 3 is 2.83 bits per heavy atom. The molecule has 1 atom stereocenters. The third-order valence-corrected chi connectivity index (χ3v) is 4.18. The van der Waals surface area contributed by atoms with Crippen LogP contribution in [0.4, 0.5) is 5.13 Å². The van der Waals surface area contributed by atoms with Gasteiger partial charge in [-0.2, -0.15) is 0 Å². The Hall–Kier alpha value is -0.980. The van der Waals surface area contributed by atoms with Crippen LogP contribution in [0.15, 0.2) is 0 Å². The molecule has 5 nitrogen and oxygen atoms in total. The van der Waals surface area contributed by atoms with Crippen LogP contribution in [0.25, 0.3) is 0 Å². The molecule has 1 aliphatic heterocycles. The van der Waals surface area contributed by atoms with Crippen molar-refractivity contribution in [2.24, 2.45) is 0 Å². The normalized spacial score (nSPS) is 25.1. The van der Waals surface area contributed by atoms with Gasteiger partial charge in [0, 0.05) is 18.0 Å². The predicted molar refractivity (Wildman–Crippen MR) is 72.1 cm³/mol. The summed E-state index contributed by atoms with van der Waals surface area (Å²) in [6.07, 6.45) is 0. The van der Waals surface area contributed by atoms with E-state index in [1.54, 1.807) is 0 Å². The van der Waals surface area contributed by atoms with Gasteiger partial charge in [-0.1, -0.05) is 0 Å². The fraction of sp³-hybridized carbons (Fsp3) is 0.667. The molecule has 2 rings (SSSR count). The predicted octanol–water partition coefficient (Wildman–Crippen LogP) is 1.42. The number of rotatable bonds is 2. The Balaban J connectivity index is 2.07. The van der Waals surface area contributed by atoms with Crippen LogP contribution >= 0.6 is 11.3 Å². The number of hydrogen-bond acceptors (Lipinski definition) is 5. The van der Waals surface area contributed by atoms with Gasteiger partial charge in [0.25, 0.3) is 5.91 Å². The molecule has 0 radical (unpaired) electrons. The molecule has 18 heavy (non-hydrogen) atoms. The number of carbonyl (C=O) groups is 1. The summed E-state index contributed by atoms with van der Waals surface area (Å²) in [5.41, 5.74) is 0.169. The first-order valence-electron chi connectivity index (χ1n) is 5.99. The maximum atomic E-state index is 12.3. The Labute approximate surface area is 111 Å². The number of nitrogens with one attached hydrogen (secondary N) is 1. The number of aryl methyl sites for hydroxylation is 2. The number of likely N-dealkylation sites (N-methyl/N-ethyl adjacent to an activating group) is 1. The van der Waals surface area contributed by atoms with Crippen LogP contribution in [0.1, 0.15) is 17.5 Å². The van der Waals surface area contributed by atoms with Gasteiger partial charge in [-0.05, 0) is 27.8 Å². The van der Waals surface area contributed by atoms with Gasteiger partial charge in [0.2, 0.25) is 0 Å². The number of carbonyl (C=O) groups excluding carboxylic acids is 1. The number of anilines is 1. The van der Waals surface area contributed by atoms with Crippen LogP contribution in [-0.2, 0) is 9.53 Å². The number of ether oxygens (including phenoxy) is 1. The topological polar surface area (TPSA) is 54.5 Å². The molecular weight excluding hydrogens is 250 g/mol. The van der Waals surface area contributed by atoms with Crippen LogP contribution < -0.4 is 5.32 Å². The van der Waals surface area contributed by atoms with Gasteiger partial charge in [0.05, 0.1) is 12.3 Å². The number of aromatic nitrogens is 1. The fourth-order valence-electron chi connectivity index (χ4n) is 1.96. The summed E-state index contributed by atoms with van der Waals surface area (Å²) in [6, 6.07) is 0. The molecule has 1 N–H and O–H groups in total. The molecule has 0 saturated carbocycles. The monoisotopic (exact) mass is 269 g/mol. The summed E-state index contributed by atoms with van der Waals surface area (Å²) < 4.78 is 5.63. The summed E-state index contributed by atoms with van der Waals surface area (Å²) in [5, 5.41) is 3.50. The number of morpholine rings is 1. The second-order valence-electron chi connectivity index (χ2n) is 4.93. The van der Waals surface area contributed by atoms with E-state index in [4.69, 9.17) is 4.74 Å². The highest BCUT2D eigenvalue weighted by Gasteiger charge is 2.38. The van der Waals surface area contributed by atoms with E-state index in [1.807, 2.05) is 27.8 Å². The van der Waals surface area contributed by atoms with E-state index in [9.17, 15) is 4.79 Å². The van der Waals surface area contributed by atoms with Crippen molar-refractivity contribution in [3.8, 4) is 0 Å². The first kappa shape index (κ1) is 13.5. The van der Waals surface area contributed by atoms with Gasteiger partial charge >= 0.3 is 0 Å². The summed E-state index contributed by atoms with van der Waals surface area (Å²) in [4.78, 5) is 19.8. The lowest BCUT2D eigenvalue weighted by atomic mass is 10.0. The first-order valence-corrected chi connectivity index (χ1v) is 6.80. The van der Waals surface area contributed by atoms with Crippen LogP contribution in [0, 0.1) is 13.8 Å². The van der Waals surface area contributed by atoms with Crippen LogP contribution in [0.3, 0.4) is 0 Å². The Bertz CT molecular complexity index is 441. The Kier molecular flexibility index (Phi) is 3.70. The van der Waals surface area contributed by atoms with Crippen molar-refractivity contribution >= 4 is 22.4 Å². The SMILES string of the molecule is Cc1nc(NC(=O)[C@@]2(C)CN(C)CCO2)sc1C. The van der Waals surface area contributed by atoms with Crippen molar-refractivity contribution in [2.75, 3.05) is 32.1 Å². The van der Waals surface area contributed by atoms with E-state index < -0.39 is 5.60 Å². The largest absolute Gasteiger partial charge is 0.363 e. The van der Waals surface area contributed by atoms with E-state index in [0.29, 0.717) is 18.3 Å². The summed E-state index contributed by atoms with van der Waals surface area (Å²) in [6.45, 7) is 7.80. The molecule has 0 unspecified atom stereocenters. The minimum atomic E-state index is -0.791. The van der Waals surface area contributed by atoms with Crippen molar-refractivity contribution in [3.63, 3.8) is 0 Å². The van der Waals surface area contributed by atoms with Crippen molar-refractivity contribution in [3.05, 3.63) is 10.6 Å². The first-order chi connectivity index (χ1) is 8.40. The molecule has 0 bridgehead atoms. The zero-order valence-electron chi connectivity index (χ0n) is 11.2. The van der Waals surface area contributed by atoms with Gasteiger partial charge in [-0.15, -0.1) is 11.3 Å². The molecule has 1 aromatic heterocycles. The summed E-state index contributed by atoms with van der Waals surface area (Å²) >= 11 is 1.49. The van der Waals surface area contributed by atoms with Gasteiger partial charge in [-0.25, -0.2) is 4.98 Å². The molecule has 1 fully saturated rings. The van der Waals surface area contributed by atoms with Gasteiger partial charge in [0.15, 0.2) is 10.7 Å². The second-order valence-corrected chi connectivity index (χ2v) is 6.14. The lowest BCUT2D eigenvalue weighted by Crippen LogP contribution is -2.55. The Morgan fingerprint density at radius 2 is 2.28 bits per heavy atom. The van der Waals surface area contributed by atoms with Crippen LogP contribution in [0.2, 0.25) is 0 Å². The van der Waals surface area contributed by atoms with Crippen molar-refractivity contribution < 1.29 is 9.53 Å². The minimum Gasteiger partial charge on any atom is -0.363 e. The van der Waals surface area contributed by atoms with E-state index >= 15 is 0 Å². The number of amides is 1. The highest BCUT2D eigenvalue weighted by atomic mass is 32.1. The molecule has 6 heteroatoms. The molecule has 100 valence electrons. The highest BCUT2D eigenvalue weighted by molar-refractivity contribution is 7.15. The fourth-order valence-corrected chi connectivity index (χ4v) is 2.77. The quantitative estimate of drug-likeness (QED) is 0.882. The van der Waals surface area contributed by atoms with Crippen LogP contribution in [-0.4, -0.2) is 48.1 Å². The van der Waals surface area contributed by atoms with E-state index in [-0.39, 0.29) is 5.91 Å². The van der Waals surface area contributed by atoms with Crippen molar-refractivity contribution in [2.45, 2.75) is 26.4 Å². The van der Waals surface area contributed by atoms with Crippen molar-refractivity contribution in [1.82, 2.24) is 9.88 Å². The van der Waals surface area contributed by atoms with E-state index in [2.05, 4.69) is 15.2 Å². The average molecular weight is 269 g/mol. The standard InChI is InChI=1S/C12H19N3O2S/c1-8-9(2)18-11(13-8)14-10(16)12(3)7-15(4)5-6-17-12/h5-7H2,1-4H3,(H,13,14,16)/t12-/m1/s1. The molecule has 2 heterocycles. The zero-order chi connectivity index (χ0) is 13.3. The number of hydrogen-bond donors (Lipinski definition) is 1. The molecule has 0 aromatic carbocycles. The lowest BCUT2D eigenvalue weighted by Gasteiger charge is -2.37.